The molecule has 1 aliphatic carbocycles. The van der Waals surface area contributed by atoms with Gasteiger partial charge in [0.15, 0.2) is 11.6 Å². The van der Waals surface area contributed by atoms with Crippen molar-refractivity contribution in [1.82, 2.24) is 0 Å². The molecular weight excluding hydrogens is 345 g/mol. The average molecular weight is 372 g/mol. The van der Waals surface area contributed by atoms with Gasteiger partial charge in [-0.05, 0) is 73.6 Å². The van der Waals surface area contributed by atoms with Gasteiger partial charge in [-0.3, -0.25) is 0 Å². The normalized spacial score (nSPS) is 20.3. The van der Waals surface area contributed by atoms with E-state index in [4.69, 9.17) is 0 Å². The van der Waals surface area contributed by atoms with E-state index in [0.717, 1.165) is 44.1 Å². The van der Waals surface area contributed by atoms with Gasteiger partial charge in [-0.15, -0.1) is 0 Å². The van der Waals surface area contributed by atoms with Crippen LogP contribution in [0.5, 0.6) is 0 Å². The summed E-state index contributed by atoms with van der Waals surface area (Å²) in [6, 6.07) is 8.83. The van der Waals surface area contributed by atoms with Crippen LogP contribution in [0.15, 0.2) is 36.4 Å². The number of rotatable bonds is 5. The number of hydrogen-bond donors (Lipinski definition) is 0. The van der Waals surface area contributed by atoms with Crippen molar-refractivity contribution in [3.8, 4) is 0 Å². The molecule has 1 fully saturated rings. The number of hydrogen-bond acceptors (Lipinski definition) is 0. The van der Waals surface area contributed by atoms with Gasteiger partial charge in [-0.25, -0.2) is 13.2 Å². The van der Waals surface area contributed by atoms with Gasteiger partial charge in [0.1, 0.15) is 5.82 Å². The molecule has 1 saturated carbocycles. The second-order valence-corrected chi connectivity index (χ2v) is 7.68. The maximum Gasteiger partial charge on any atom is 0.162 e. The van der Waals surface area contributed by atoms with Crippen LogP contribution in [0.2, 0.25) is 0 Å². The zero-order valence-corrected chi connectivity index (χ0v) is 16.1. The third-order valence-electron chi connectivity index (χ3n) is 5.67. The van der Waals surface area contributed by atoms with Crippen molar-refractivity contribution in [1.29, 1.82) is 0 Å². The summed E-state index contributed by atoms with van der Waals surface area (Å²) < 4.78 is 42.2. The first-order chi connectivity index (χ1) is 13.0. The number of halogens is 3. The van der Waals surface area contributed by atoms with E-state index >= 15 is 0 Å². The predicted octanol–water partition coefficient (Wildman–Crippen LogP) is 7.35. The lowest BCUT2D eigenvalue weighted by Gasteiger charge is -2.27. The highest BCUT2D eigenvalue weighted by molar-refractivity contribution is 5.51. The molecule has 3 rings (SSSR count). The highest BCUT2D eigenvalue weighted by Crippen LogP contribution is 2.38. The van der Waals surface area contributed by atoms with Gasteiger partial charge in [0, 0.05) is 5.56 Å². The zero-order chi connectivity index (χ0) is 19.4. The van der Waals surface area contributed by atoms with Crippen LogP contribution < -0.4 is 0 Å². The summed E-state index contributed by atoms with van der Waals surface area (Å²) in [5, 5.41) is 0. The standard InChI is InChI=1S/C24H27F3/c1-3-4-18-9-13-20(22(25)15-18)12-8-17-6-10-19(11-7-17)21-14-5-16(2)23(26)24(21)27/h5,8-9,12-15,17,19H,3-4,6-7,10-11H2,1-2H3/b12-8+. The average Bonchev–Trinajstić information content (AvgIpc) is 2.66. The summed E-state index contributed by atoms with van der Waals surface area (Å²) in [7, 11) is 0. The van der Waals surface area contributed by atoms with E-state index in [1.54, 1.807) is 25.1 Å². The van der Waals surface area contributed by atoms with Crippen molar-refractivity contribution in [2.24, 2.45) is 5.92 Å². The summed E-state index contributed by atoms with van der Waals surface area (Å²) in [6.07, 6.45) is 9.29. The molecule has 2 aromatic rings. The molecule has 0 unspecified atom stereocenters. The molecule has 0 amide bonds. The first kappa shape index (κ1) is 19.7. The lowest BCUT2D eigenvalue weighted by molar-refractivity contribution is 0.364. The van der Waals surface area contributed by atoms with Crippen molar-refractivity contribution in [2.45, 2.75) is 58.3 Å². The molecule has 0 radical (unpaired) electrons. The Kier molecular flexibility index (Phi) is 6.41. The molecule has 0 atom stereocenters. The molecule has 0 aliphatic heterocycles. The molecule has 2 aromatic carbocycles. The van der Waals surface area contributed by atoms with Crippen LogP contribution in [-0.4, -0.2) is 0 Å². The van der Waals surface area contributed by atoms with Crippen LogP contribution in [0.25, 0.3) is 6.08 Å². The summed E-state index contributed by atoms with van der Waals surface area (Å²) in [6.45, 7) is 3.66. The monoisotopic (exact) mass is 372 g/mol. The Labute approximate surface area is 160 Å². The zero-order valence-electron chi connectivity index (χ0n) is 16.1. The van der Waals surface area contributed by atoms with Crippen LogP contribution in [0.1, 0.15) is 67.2 Å². The quantitative estimate of drug-likeness (QED) is 0.514. The van der Waals surface area contributed by atoms with E-state index < -0.39 is 11.6 Å². The fourth-order valence-electron chi connectivity index (χ4n) is 3.99. The van der Waals surface area contributed by atoms with E-state index in [1.807, 2.05) is 18.2 Å². The van der Waals surface area contributed by atoms with Crippen molar-refractivity contribution >= 4 is 6.08 Å². The highest BCUT2D eigenvalue weighted by atomic mass is 19.2. The van der Waals surface area contributed by atoms with Gasteiger partial charge in [0.2, 0.25) is 0 Å². The number of benzene rings is 2. The van der Waals surface area contributed by atoms with Gasteiger partial charge < -0.3 is 0 Å². The minimum absolute atomic E-state index is 0.0646. The minimum atomic E-state index is -0.725. The van der Waals surface area contributed by atoms with Crippen LogP contribution in [-0.2, 0) is 6.42 Å². The van der Waals surface area contributed by atoms with E-state index in [0.29, 0.717) is 22.6 Å². The molecule has 0 nitrogen and oxygen atoms in total. The Morgan fingerprint density at radius 3 is 2.37 bits per heavy atom. The smallest absolute Gasteiger partial charge is 0.162 e. The fourth-order valence-corrected chi connectivity index (χ4v) is 3.99. The maximum atomic E-state index is 14.2. The van der Waals surface area contributed by atoms with Crippen molar-refractivity contribution < 1.29 is 13.2 Å². The Morgan fingerprint density at radius 2 is 1.70 bits per heavy atom. The molecule has 27 heavy (non-hydrogen) atoms. The van der Waals surface area contributed by atoms with Crippen LogP contribution >= 0.6 is 0 Å². The summed E-state index contributed by atoms with van der Waals surface area (Å²) in [5.41, 5.74) is 2.49. The minimum Gasteiger partial charge on any atom is -0.206 e. The van der Waals surface area contributed by atoms with Crippen LogP contribution in [0.3, 0.4) is 0 Å². The molecule has 0 N–H and O–H groups in total. The third kappa shape index (κ3) is 4.63. The molecule has 144 valence electrons. The van der Waals surface area contributed by atoms with Gasteiger partial charge in [-0.1, -0.05) is 49.8 Å². The molecule has 3 heteroatoms. The molecule has 0 bridgehead atoms. The van der Waals surface area contributed by atoms with Gasteiger partial charge >= 0.3 is 0 Å². The van der Waals surface area contributed by atoms with E-state index in [1.165, 1.54) is 0 Å². The first-order valence-electron chi connectivity index (χ1n) is 9.90. The third-order valence-corrected chi connectivity index (χ3v) is 5.67. The van der Waals surface area contributed by atoms with Crippen LogP contribution in [0.4, 0.5) is 13.2 Å². The Balaban J connectivity index is 1.61. The lowest BCUT2D eigenvalue weighted by Crippen LogP contribution is -2.13. The molecule has 0 spiro atoms. The first-order valence-corrected chi connectivity index (χ1v) is 9.90. The predicted molar refractivity (Wildman–Crippen MR) is 105 cm³/mol. The van der Waals surface area contributed by atoms with E-state index in [-0.39, 0.29) is 11.7 Å². The Bertz CT molecular complexity index is 815. The molecular formula is C24H27F3. The summed E-state index contributed by atoms with van der Waals surface area (Å²) in [4.78, 5) is 0. The summed E-state index contributed by atoms with van der Waals surface area (Å²) in [5.74, 6) is -1.17. The Hall–Kier alpha value is -2.03. The summed E-state index contributed by atoms with van der Waals surface area (Å²) >= 11 is 0. The highest BCUT2D eigenvalue weighted by Gasteiger charge is 2.25. The number of aryl methyl sites for hydroxylation is 2. The number of allylic oxidation sites excluding steroid dienone is 1. The largest absolute Gasteiger partial charge is 0.206 e. The van der Waals surface area contributed by atoms with E-state index in [9.17, 15) is 13.2 Å². The molecule has 0 saturated heterocycles. The van der Waals surface area contributed by atoms with Crippen molar-refractivity contribution in [2.75, 3.05) is 0 Å². The topological polar surface area (TPSA) is 0 Å². The van der Waals surface area contributed by atoms with Crippen LogP contribution in [0, 0.1) is 30.3 Å². The SMILES string of the molecule is CCCc1ccc(/C=C/C2CCC(c3ccc(C)c(F)c3F)CC2)c(F)c1. The second kappa shape index (κ2) is 8.77. The molecule has 0 heterocycles. The van der Waals surface area contributed by atoms with Crippen molar-refractivity contribution in [3.63, 3.8) is 0 Å². The second-order valence-electron chi connectivity index (χ2n) is 7.68. The van der Waals surface area contributed by atoms with Gasteiger partial charge in [0.25, 0.3) is 0 Å². The van der Waals surface area contributed by atoms with Crippen molar-refractivity contribution in [3.05, 3.63) is 76.1 Å². The molecule has 0 aromatic heterocycles. The van der Waals surface area contributed by atoms with Gasteiger partial charge in [-0.2, -0.15) is 0 Å². The Morgan fingerprint density at radius 1 is 0.963 bits per heavy atom. The van der Waals surface area contributed by atoms with E-state index in [2.05, 4.69) is 13.0 Å². The molecule has 1 aliphatic rings. The fraction of sp³-hybridized carbons (Fsp3) is 0.417. The lowest BCUT2D eigenvalue weighted by atomic mass is 9.78. The maximum absolute atomic E-state index is 14.2. The van der Waals surface area contributed by atoms with Gasteiger partial charge in [0.05, 0.1) is 0 Å².